The summed E-state index contributed by atoms with van der Waals surface area (Å²) in [6, 6.07) is 9.35. The number of hydrogen-bond acceptors (Lipinski definition) is 3. The first kappa shape index (κ1) is 12.6. The van der Waals surface area contributed by atoms with Gasteiger partial charge >= 0.3 is 5.97 Å². The monoisotopic (exact) mass is 247 g/mol. The van der Waals surface area contributed by atoms with Crippen molar-refractivity contribution in [2.24, 2.45) is 0 Å². The van der Waals surface area contributed by atoms with Crippen LogP contribution in [0.15, 0.2) is 30.3 Å². The van der Waals surface area contributed by atoms with Crippen molar-refractivity contribution >= 4 is 11.9 Å². The van der Waals surface area contributed by atoms with E-state index in [9.17, 15) is 9.59 Å². The van der Waals surface area contributed by atoms with E-state index in [1.54, 1.807) is 19.1 Å². The highest BCUT2D eigenvalue weighted by atomic mass is 16.5. The Balaban J connectivity index is 2.10. The molecule has 1 aliphatic carbocycles. The van der Waals surface area contributed by atoms with Crippen molar-refractivity contribution in [1.29, 1.82) is 0 Å². The highest BCUT2D eigenvalue weighted by Gasteiger charge is 2.30. The Morgan fingerprint density at radius 3 is 2.56 bits per heavy atom. The maximum absolute atomic E-state index is 12.1. The summed E-state index contributed by atoms with van der Waals surface area (Å²) in [5.41, 5.74) is 0.706. The van der Waals surface area contributed by atoms with Gasteiger partial charge in [-0.15, -0.1) is 0 Å². The SMILES string of the molecule is CCC(=O)O[C@@H](C(=O)NC1CC1)c1ccccc1. The maximum atomic E-state index is 12.1. The topological polar surface area (TPSA) is 55.4 Å². The van der Waals surface area contributed by atoms with E-state index in [0.717, 1.165) is 12.8 Å². The van der Waals surface area contributed by atoms with Crippen LogP contribution < -0.4 is 5.32 Å². The smallest absolute Gasteiger partial charge is 0.306 e. The van der Waals surface area contributed by atoms with Crippen molar-refractivity contribution in [3.05, 3.63) is 35.9 Å². The highest BCUT2D eigenvalue weighted by molar-refractivity contribution is 5.85. The fraction of sp³-hybridized carbons (Fsp3) is 0.429. The highest BCUT2D eigenvalue weighted by Crippen LogP contribution is 2.23. The number of rotatable bonds is 5. The van der Waals surface area contributed by atoms with Gasteiger partial charge in [0.2, 0.25) is 6.10 Å². The Morgan fingerprint density at radius 1 is 1.33 bits per heavy atom. The van der Waals surface area contributed by atoms with E-state index >= 15 is 0 Å². The summed E-state index contributed by atoms with van der Waals surface area (Å²) >= 11 is 0. The van der Waals surface area contributed by atoms with Crippen LogP contribution in [-0.2, 0) is 14.3 Å². The lowest BCUT2D eigenvalue weighted by atomic mass is 10.1. The van der Waals surface area contributed by atoms with Gasteiger partial charge in [-0.25, -0.2) is 0 Å². The second kappa shape index (κ2) is 5.67. The van der Waals surface area contributed by atoms with E-state index in [4.69, 9.17) is 4.74 Å². The predicted molar refractivity (Wildman–Crippen MR) is 66.7 cm³/mol. The van der Waals surface area contributed by atoms with Gasteiger partial charge in [-0.3, -0.25) is 9.59 Å². The molecule has 1 aromatic carbocycles. The molecular weight excluding hydrogens is 230 g/mol. The number of esters is 1. The molecule has 0 aliphatic heterocycles. The van der Waals surface area contributed by atoms with Crippen LogP contribution in [0.3, 0.4) is 0 Å². The number of amides is 1. The van der Waals surface area contributed by atoms with Gasteiger partial charge in [0.1, 0.15) is 0 Å². The quantitative estimate of drug-likeness (QED) is 0.809. The molecule has 0 saturated heterocycles. The molecule has 18 heavy (non-hydrogen) atoms. The second-order valence-corrected chi connectivity index (χ2v) is 4.42. The first-order valence-electron chi connectivity index (χ1n) is 6.25. The Bertz CT molecular complexity index is 426. The number of nitrogens with one attached hydrogen (secondary N) is 1. The molecule has 1 saturated carbocycles. The average Bonchev–Trinajstić information content (AvgIpc) is 3.20. The molecule has 1 amide bonds. The van der Waals surface area contributed by atoms with Crippen LogP contribution in [0.4, 0.5) is 0 Å². The van der Waals surface area contributed by atoms with Crippen LogP contribution in [0.5, 0.6) is 0 Å². The maximum Gasteiger partial charge on any atom is 0.306 e. The van der Waals surface area contributed by atoms with E-state index in [-0.39, 0.29) is 24.3 Å². The Kier molecular flexibility index (Phi) is 3.97. The van der Waals surface area contributed by atoms with Crippen LogP contribution in [0, 0.1) is 0 Å². The van der Waals surface area contributed by atoms with Crippen molar-refractivity contribution in [2.75, 3.05) is 0 Å². The van der Waals surface area contributed by atoms with Gasteiger partial charge in [-0.2, -0.15) is 0 Å². The van der Waals surface area contributed by atoms with Crippen molar-refractivity contribution in [2.45, 2.75) is 38.3 Å². The summed E-state index contributed by atoms with van der Waals surface area (Å²) < 4.78 is 5.23. The van der Waals surface area contributed by atoms with E-state index in [0.29, 0.717) is 5.56 Å². The molecule has 96 valence electrons. The van der Waals surface area contributed by atoms with Crippen LogP contribution >= 0.6 is 0 Å². The zero-order valence-electron chi connectivity index (χ0n) is 10.4. The van der Waals surface area contributed by atoms with Crippen molar-refractivity contribution in [1.82, 2.24) is 5.32 Å². The standard InChI is InChI=1S/C14H17NO3/c1-2-12(16)18-13(10-6-4-3-5-7-10)14(17)15-11-8-9-11/h3-7,11,13H,2,8-9H2,1H3,(H,15,17)/t13-/m1/s1. The van der Waals surface area contributed by atoms with Gasteiger partial charge in [0.25, 0.3) is 5.91 Å². The van der Waals surface area contributed by atoms with Gasteiger partial charge in [-0.05, 0) is 12.8 Å². The van der Waals surface area contributed by atoms with E-state index in [2.05, 4.69) is 5.32 Å². The predicted octanol–water partition coefficient (Wildman–Crippen LogP) is 1.96. The van der Waals surface area contributed by atoms with Gasteiger partial charge in [0, 0.05) is 18.0 Å². The molecule has 0 bridgehead atoms. The normalized spacial score (nSPS) is 15.8. The first-order chi connectivity index (χ1) is 8.70. The Morgan fingerprint density at radius 2 is 2.00 bits per heavy atom. The minimum absolute atomic E-state index is 0.231. The van der Waals surface area contributed by atoms with Crippen molar-refractivity contribution < 1.29 is 14.3 Å². The molecule has 0 spiro atoms. The summed E-state index contributed by atoms with van der Waals surface area (Å²) in [5, 5.41) is 2.87. The summed E-state index contributed by atoms with van der Waals surface area (Å²) in [4.78, 5) is 23.5. The summed E-state index contributed by atoms with van der Waals surface area (Å²) in [6.45, 7) is 1.71. The van der Waals surface area contributed by atoms with Gasteiger partial charge in [0.15, 0.2) is 0 Å². The minimum atomic E-state index is -0.834. The Hall–Kier alpha value is -1.84. The number of hydrogen-bond donors (Lipinski definition) is 1. The zero-order valence-corrected chi connectivity index (χ0v) is 10.4. The van der Waals surface area contributed by atoms with Gasteiger partial charge in [-0.1, -0.05) is 37.3 Å². The summed E-state index contributed by atoms with van der Waals surface area (Å²) in [5.74, 6) is -0.597. The van der Waals surface area contributed by atoms with Crippen LogP contribution in [0.1, 0.15) is 37.9 Å². The molecule has 4 nitrogen and oxygen atoms in total. The third-order valence-electron chi connectivity index (χ3n) is 2.80. The molecule has 1 N–H and O–H groups in total. The van der Waals surface area contributed by atoms with Crippen LogP contribution in [-0.4, -0.2) is 17.9 Å². The van der Waals surface area contributed by atoms with Gasteiger partial charge in [0.05, 0.1) is 0 Å². The van der Waals surface area contributed by atoms with E-state index < -0.39 is 6.10 Å². The molecule has 4 heteroatoms. The van der Waals surface area contributed by atoms with Crippen molar-refractivity contribution in [3.8, 4) is 0 Å². The number of carbonyl (C=O) groups is 2. The third-order valence-corrected chi connectivity index (χ3v) is 2.80. The zero-order chi connectivity index (χ0) is 13.0. The third kappa shape index (κ3) is 3.32. The van der Waals surface area contributed by atoms with Crippen LogP contribution in [0.2, 0.25) is 0 Å². The number of carbonyl (C=O) groups excluding carboxylic acids is 2. The van der Waals surface area contributed by atoms with Crippen LogP contribution in [0.25, 0.3) is 0 Å². The lowest BCUT2D eigenvalue weighted by molar-refractivity contribution is -0.156. The average molecular weight is 247 g/mol. The fourth-order valence-corrected chi connectivity index (χ4v) is 1.62. The van der Waals surface area contributed by atoms with E-state index in [1.807, 2.05) is 18.2 Å². The first-order valence-corrected chi connectivity index (χ1v) is 6.25. The molecular formula is C14H17NO3. The largest absolute Gasteiger partial charge is 0.447 e. The second-order valence-electron chi connectivity index (χ2n) is 4.42. The lowest BCUT2D eigenvalue weighted by Crippen LogP contribution is -2.33. The molecule has 1 aromatic rings. The molecule has 1 atom stereocenters. The molecule has 1 aliphatic rings. The Labute approximate surface area is 106 Å². The fourth-order valence-electron chi connectivity index (χ4n) is 1.62. The molecule has 2 rings (SSSR count). The molecule has 0 heterocycles. The number of ether oxygens (including phenoxy) is 1. The summed E-state index contributed by atoms with van der Waals surface area (Å²) in [7, 11) is 0. The molecule has 0 unspecified atom stereocenters. The van der Waals surface area contributed by atoms with Gasteiger partial charge < -0.3 is 10.1 Å². The summed E-state index contributed by atoms with van der Waals surface area (Å²) in [6.07, 6.45) is 1.45. The lowest BCUT2D eigenvalue weighted by Gasteiger charge is -2.17. The molecule has 0 aromatic heterocycles. The number of benzene rings is 1. The van der Waals surface area contributed by atoms with E-state index in [1.165, 1.54) is 0 Å². The van der Waals surface area contributed by atoms with Crippen molar-refractivity contribution in [3.63, 3.8) is 0 Å². The molecule has 1 fully saturated rings. The molecule has 0 radical (unpaired) electrons. The minimum Gasteiger partial charge on any atom is -0.447 e.